The summed E-state index contributed by atoms with van der Waals surface area (Å²) in [7, 11) is 0. The van der Waals surface area contributed by atoms with E-state index in [0.717, 1.165) is 24.5 Å². The summed E-state index contributed by atoms with van der Waals surface area (Å²) in [5.41, 5.74) is 9.98. The lowest BCUT2D eigenvalue weighted by Gasteiger charge is -2.28. The van der Waals surface area contributed by atoms with E-state index in [-0.39, 0.29) is 36.6 Å². The van der Waals surface area contributed by atoms with Gasteiger partial charge >= 0.3 is 6.09 Å². The van der Waals surface area contributed by atoms with Gasteiger partial charge in [0.25, 0.3) is 11.4 Å². The lowest BCUT2D eigenvalue weighted by atomic mass is 10.0. The molecule has 2 aromatic heterocycles. The van der Waals surface area contributed by atoms with Crippen LogP contribution in [0.5, 0.6) is 0 Å². The first-order valence-electron chi connectivity index (χ1n) is 26.6. The number of benzene rings is 2. The van der Waals surface area contributed by atoms with Gasteiger partial charge in [-0.25, -0.2) is 9.78 Å². The van der Waals surface area contributed by atoms with Crippen LogP contribution in [0.3, 0.4) is 0 Å². The highest BCUT2D eigenvalue weighted by atomic mass is 16.6. The number of nitrogens with zero attached hydrogens (tertiary/aromatic N) is 4. The van der Waals surface area contributed by atoms with E-state index < -0.39 is 160 Å². The van der Waals surface area contributed by atoms with Gasteiger partial charge in [0, 0.05) is 48.6 Å². The zero-order valence-electron chi connectivity index (χ0n) is 47.8. The van der Waals surface area contributed by atoms with Crippen molar-refractivity contribution >= 4 is 81.5 Å². The molecule has 0 radical (unpaired) electrons. The van der Waals surface area contributed by atoms with Crippen LogP contribution in [0.2, 0.25) is 0 Å². The van der Waals surface area contributed by atoms with Gasteiger partial charge in [0.1, 0.15) is 53.6 Å². The molecule has 456 valence electrons. The number of ether oxygens (including phenoxy) is 1. The minimum Gasteiger partial charge on any atom is -0.444 e. The van der Waals surface area contributed by atoms with Crippen molar-refractivity contribution in [3.05, 3.63) is 92.7 Å². The van der Waals surface area contributed by atoms with Crippen LogP contribution in [0.25, 0.3) is 16.6 Å². The van der Waals surface area contributed by atoms with Gasteiger partial charge in [-0.3, -0.25) is 67.9 Å². The number of carbonyl (C=O) groups is 10. The summed E-state index contributed by atoms with van der Waals surface area (Å²) in [4.78, 5) is 163. The predicted octanol–water partition coefficient (Wildman–Crippen LogP) is -0.273. The highest BCUT2D eigenvalue weighted by molar-refractivity contribution is 5.98. The minimum absolute atomic E-state index is 0.0770. The van der Waals surface area contributed by atoms with E-state index in [1.807, 2.05) is 0 Å². The van der Waals surface area contributed by atoms with Crippen LogP contribution < -0.4 is 54.0 Å². The average Bonchev–Trinajstić information content (AvgIpc) is 4.20. The molecule has 2 heterocycles. The van der Waals surface area contributed by atoms with E-state index in [2.05, 4.69) is 52.5 Å². The number of primary amides is 2. The first kappa shape index (κ1) is 67.0. The van der Waals surface area contributed by atoms with E-state index >= 15 is 0 Å². The zero-order valence-corrected chi connectivity index (χ0v) is 47.8. The van der Waals surface area contributed by atoms with Crippen molar-refractivity contribution in [1.29, 1.82) is 0 Å². The first-order valence-corrected chi connectivity index (χ1v) is 26.6. The predicted molar refractivity (Wildman–Crippen MR) is 300 cm³/mol. The number of aliphatic hydroxyl groups is 1. The van der Waals surface area contributed by atoms with E-state index in [9.17, 15) is 73.3 Å². The van der Waals surface area contributed by atoms with E-state index in [1.165, 1.54) is 24.6 Å². The quantitative estimate of drug-likeness (QED) is 0.0236. The number of alkyl carbamates (subject to hydrolysis) is 1. The molecule has 0 spiro atoms. The summed E-state index contributed by atoms with van der Waals surface area (Å²) in [6.45, 7) is 13.1. The maximum absolute atomic E-state index is 14.3. The van der Waals surface area contributed by atoms with E-state index in [0.29, 0.717) is 16.5 Å². The fourth-order valence-corrected chi connectivity index (χ4v) is 8.37. The zero-order chi connectivity index (χ0) is 62.9. The van der Waals surface area contributed by atoms with Crippen LogP contribution in [0.15, 0.2) is 61.2 Å². The molecular formula is C53H73N15O16. The maximum Gasteiger partial charge on any atom is 0.408 e. The van der Waals surface area contributed by atoms with Crippen molar-refractivity contribution in [1.82, 2.24) is 57.1 Å². The summed E-state index contributed by atoms with van der Waals surface area (Å²) < 4.78 is 6.39. The Morgan fingerprint density at radius 3 is 1.94 bits per heavy atom. The van der Waals surface area contributed by atoms with E-state index in [4.69, 9.17) is 16.2 Å². The van der Waals surface area contributed by atoms with Gasteiger partial charge < -0.3 is 68.8 Å². The molecule has 31 nitrogen and oxygen atoms in total. The second kappa shape index (κ2) is 30.0. The Balaban J connectivity index is 1.52. The van der Waals surface area contributed by atoms with Crippen LogP contribution in [0.4, 0.5) is 16.2 Å². The fourth-order valence-electron chi connectivity index (χ4n) is 8.37. The topological polar surface area (TPSA) is 468 Å². The number of amides is 10. The summed E-state index contributed by atoms with van der Waals surface area (Å²) >= 11 is 0. The average molecular weight is 1180 g/mol. The number of nitro benzene ring substituents is 2. The Hall–Kier alpha value is -9.55. The van der Waals surface area contributed by atoms with Crippen molar-refractivity contribution in [3.63, 3.8) is 0 Å². The Kier molecular flexibility index (Phi) is 23.9. The Bertz CT molecular complexity index is 3090. The van der Waals surface area contributed by atoms with Crippen molar-refractivity contribution in [2.45, 2.75) is 148 Å². The highest BCUT2D eigenvalue weighted by Gasteiger charge is 2.36. The Morgan fingerprint density at radius 1 is 0.726 bits per heavy atom. The van der Waals surface area contributed by atoms with Gasteiger partial charge in [-0.2, -0.15) is 0 Å². The molecule has 0 saturated heterocycles. The lowest BCUT2D eigenvalue weighted by Crippen LogP contribution is -2.60. The number of aromatic amines is 1. The molecule has 0 aliphatic heterocycles. The third-order valence-electron chi connectivity index (χ3n) is 12.6. The van der Waals surface area contributed by atoms with Gasteiger partial charge in [-0.05, 0) is 77.0 Å². The van der Waals surface area contributed by atoms with Crippen LogP contribution >= 0.6 is 0 Å². The Labute approximate surface area is 481 Å². The molecule has 8 atom stereocenters. The van der Waals surface area contributed by atoms with Crippen molar-refractivity contribution < 1.29 is 67.6 Å². The van der Waals surface area contributed by atoms with E-state index in [1.54, 1.807) is 78.9 Å². The standard InChI is InChI=1S/C53H73N15O16/c1-26(2)18-36(45(55)72)62-49(76)38(20-31-24-66(25-58-31)39-16-14-32(67(80)81)21-40(39)68(82)83)60-42(71)23-57-50(77)43(27(3)4)64-46(73)28(5)59-48(75)37(19-30-22-56-34-13-11-10-12-33(30)34)63-47(74)35(15-17-41(54)70)61-51(78)44(29(6)69)65-52(79)84-53(7,8)9/h10-14,16,21-22,24-29,35-38,43-44,56,69H,15,17-20,23H2,1-9H3,(H2,54,70)(H2,55,72)(H,57,77)(H,59,75)(H,60,71)(H,61,78)(H,62,76)(H,63,74)(H,64,73)(H,65,79)/t28-,29+,35-,36-,37-,38-,43-,44-/m0/s1. The fraction of sp³-hybridized carbons (Fsp3) is 0.491. The molecular weight excluding hydrogens is 1100 g/mol. The smallest absolute Gasteiger partial charge is 0.408 e. The number of nitrogens with two attached hydrogens (primary N) is 2. The molecule has 0 unspecified atom stereocenters. The number of hydrogen-bond acceptors (Lipinski definition) is 17. The Morgan fingerprint density at radius 2 is 1.35 bits per heavy atom. The maximum atomic E-state index is 14.3. The van der Waals surface area contributed by atoms with Gasteiger partial charge in [-0.1, -0.05) is 45.9 Å². The molecule has 0 aliphatic carbocycles. The number of nitro groups is 2. The molecule has 4 aromatic rings. The number of fused-ring (bicyclic) bond motifs is 1. The molecule has 84 heavy (non-hydrogen) atoms. The van der Waals surface area contributed by atoms with Crippen LogP contribution in [-0.4, -0.2) is 149 Å². The van der Waals surface area contributed by atoms with Gasteiger partial charge in [-0.15, -0.1) is 0 Å². The molecule has 31 heteroatoms. The third-order valence-corrected chi connectivity index (χ3v) is 12.6. The number of aromatic nitrogens is 3. The number of non-ortho nitro benzene ring substituents is 1. The molecule has 4 rings (SSSR count). The molecule has 0 saturated carbocycles. The number of aliphatic hydroxyl groups excluding tert-OH is 1. The largest absolute Gasteiger partial charge is 0.444 e. The van der Waals surface area contributed by atoms with Crippen LogP contribution in [-0.2, 0) is 60.7 Å². The number of hydrogen-bond donors (Lipinski definition) is 12. The molecule has 2 aromatic carbocycles. The van der Waals surface area contributed by atoms with Gasteiger partial charge in [0.05, 0.1) is 40.6 Å². The monoisotopic (exact) mass is 1180 g/mol. The summed E-state index contributed by atoms with van der Waals surface area (Å²) in [6.07, 6.45) is 0.139. The number of rotatable bonds is 30. The number of para-hydroxylation sites is 1. The highest BCUT2D eigenvalue weighted by Crippen LogP contribution is 2.28. The lowest BCUT2D eigenvalue weighted by molar-refractivity contribution is -0.394. The van der Waals surface area contributed by atoms with Crippen molar-refractivity contribution in [3.8, 4) is 5.69 Å². The summed E-state index contributed by atoms with van der Waals surface area (Å²) in [5, 5.41) is 54.0. The number of nitrogens with one attached hydrogen (secondary N) is 9. The number of imidazole rings is 1. The molecule has 0 fully saturated rings. The first-order chi connectivity index (χ1) is 39.2. The summed E-state index contributed by atoms with van der Waals surface area (Å²) in [5.74, 6) is -9.08. The number of H-pyrrole nitrogens is 1. The van der Waals surface area contributed by atoms with Gasteiger partial charge in [0.2, 0.25) is 53.2 Å². The second-order valence-electron chi connectivity index (χ2n) is 21.6. The minimum atomic E-state index is -1.66. The molecule has 0 bridgehead atoms. The normalized spacial score (nSPS) is 14.2. The second-order valence-corrected chi connectivity index (χ2v) is 21.6. The molecule has 10 amide bonds. The van der Waals surface area contributed by atoms with Crippen LogP contribution in [0.1, 0.15) is 92.8 Å². The molecule has 0 aliphatic rings. The number of carbonyl (C=O) groups excluding carboxylic acids is 10. The van der Waals surface area contributed by atoms with Crippen molar-refractivity contribution in [2.75, 3.05) is 6.54 Å². The van der Waals surface area contributed by atoms with Crippen LogP contribution in [0, 0.1) is 32.1 Å². The van der Waals surface area contributed by atoms with Crippen molar-refractivity contribution in [2.24, 2.45) is 23.3 Å². The molecule has 14 N–H and O–H groups in total. The third kappa shape index (κ3) is 20.2. The summed E-state index contributed by atoms with van der Waals surface area (Å²) in [6, 6.07) is -0.230. The van der Waals surface area contributed by atoms with Gasteiger partial charge in [0.15, 0.2) is 0 Å². The SMILES string of the molecule is CC(C)C[C@H](NC(=O)[C@H](Cc1cn(-c2ccc([N+](=O)[O-])cc2[N+](=O)[O-])cn1)NC(=O)CNC(=O)[C@@H](NC(=O)[C@H](C)NC(=O)[C@H](Cc1c[nH]c2ccccc12)NC(=O)[C@H](CCC(N)=O)NC(=O)[C@@H](NC(=O)OC(C)(C)C)[C@@H](C)O)C(C)C)C(N)=O.